The van der Waals surface area contributed by atoms with Crippen molar-refractivity contribution in [2.45, 2.75) is 32.4 Å². The number of rotatable bonds is 2. The summed E-state index contributed by atoms with van der Waals surface area (Å²) in [5.74, 6) is 1.04. The molecular weight excluding hydrogens is 249 g/mol. The molecule has 1 fully saturated rings. The number of H-pyrrole nitrogens is 1. The zero-order chi connectivity index (χ0) is 10.1. The predicted octanol–water partition coefficient (Wildman–Crippen LogP) is 1.92. The Balaban J connectivity index is 0.00000112. The minimum absolute atomic E-state index is 0. The summed E-state index contributed by atoms with van der Waals surface area (Å²) in [7, 11) is 1.76. The van der Waals surface area contributed by atoms with Crippen LogP contribution in [0.1, 0.15) is 29.7 Å². The smallest absolute Gasteiger partial charge is 0.123 e. The first-order valence-corrected chi connectivity index (χ1v) is 5.00. The van der Waals surface area contributed by atoms with Crippen molar-refractivity contribution in [3.05, 3.63) is 17.2 Å². The lowest BCUT2D eigenvalue weighted by Gasteiger charge is -2.06. The number of methoxy groups -OCH3 is 1. The SMILES string of the molecule is COC1CNC(c2nc(C)c(C)[nH]2)C1.Cl.Cl. The summed E-state index contributed by atoms with van der Waals surface area (Å²) in [5.41, 5.74) is 2.24. The zero-order valence-corrected chi connectivity index (χ0v) is 11.4. The Labute approximate surface area is 108 Å². The van der Waals surface area contributed by atoms with Gasteiger partial charge in [0.2, 0.25) is 0 Å². The van der Waals surface area contributed by atoms with Gasteiger partial charge in [-0.1, -0.05) is 0 Å². The lowest BCUT2D eigenvalue weighted by molar-refractivity contribution is 0.117. The van der Waals surface area contributed by atoms with E-state index in [2.05, 4.69) is 22.2 Å². The monoisotopic (exact) mass is 267 g/mol. The van der Waals surface area contributed by atoms with Gasteiger partial charge in [0.25, 0.3) is 0 Å². The molecule has 1 saturated heterocycles. The first kappa shape index (κ1) is 15.7. The van der Waals surface area contributed by atoms with Crippen LogP contribution in [-0.4, -0.2) is 29.7 Å². The van der Waals surface area contributed by atoms with Crippen LogP contribution in [0, 0.1) is 13.8 Å². The Hall–Kier alpha value is -0.290. The molecule has 1 aromatic heterocycles. The molecule has 2 N–H and O–H groups in total. The fourth-order valence-electron chi connectivity index (χ4n) is 1.83. The molecule has 2 heterocycles. The molecule has 0 radical (unpaired) electrons. The van der Waals surface area contributed by atoms with E-state index in [1.807, 2.05) is 6.92 Å². The molecule has 0 amide bonds. The first-order chi connectivity index (χ1) is 6.70. The maximum atomic E-state index is 5.30. The third kappa shape index (κ3) is 3.10. The quantitative estimate of drug-likeness (QED) is 0.861. The third-order valence-corrected chi connectivity index (χ3v) is 2.90. The maximum Gasteiger partial charge on any atom is 0.123 e. The lowest BCUT2D eigenvalue weighted by atomic mass is 10.2. The number of ether oxygens (including phenoxy) is 1. The summed E-state index contributed by atoms with van der Waals surface area (Å²) >= 11 is 0. The van der Waals surface area contributed by atoms with Crippen LogP contribution in [0.15, 0.2) is 0 Å². The van der Waals surface area contributed by atoms with Gasteiger partial charge in [-0.25, -0.2) is 4.98 Å². The van der Waals surface area contributed by atoms with Crippen molar-refractivity contribution in [2.75, 3.05) is 13.7 Å². The number of aryl methyl sites for hydroxylation is 2. The summed E-state index contributed by atoms with van der Waals surface area (Å²) in [6, 6.07) is 0.326. The predicted molar refractivity (Wildman–Crippen MR) is 68.7 cm³/mol. The van der Waals surface area contributed by atoms with E-state index in [1.165, 1.54) is 0 Å². The number of hydrogen-bond donors (Lipinski definition) is 2. The minimum Gasteiger partial charge on any atom is -0.380 e. The average molecular weight is 268 g/mol. The molecule has 1 aliphatic heterocycles. The van der Waals surface area contributed by atoms with Gasteiger partial charge in [-0.05, 0) is 20.3 Å². The van der Waals surface area contributed by atoms with Crippen molar-refractivity contribution in [3.63, 3.8) is 0 Å². The van der Waals surface area contributed by atoms with E-state index in [0.717, 1.165) is 30.2 Å². The molecule has 0 aromatic carbocycles. The van der Waals surface area contributed by atoms with E-state index in [0.29, 0.717) is 12.1 Å². The normalized spacial score (nSPS) is 23.7. The molecule has 0 saturated carbocycles. The molecule has 0 aliphatic carbocycles. The van der Waals surface area contributed by atoms with Crippen LogP contribution < -0.4 is 5.32 Å². The first-order valence-electron chi connectivity index (χ1n) is 5.00. The standard InChI is InChI=1S/C10H17N3O.2ClH/c1-6-7(2)13-10(12-6)9-4-8(14-3)5-11-9;;/h8-9,11H,4-5H2,1-3H3,(H,12,13);2*1H. The Bertz CT molecular complexity index is 310. The zero-order valence-electron chi connectivity index (χ0n) is 9.74. The topological polar surface area (TPSA) is 49.9 Å². The molecule has 2 rings (SSSR count). The van der Waals surface area contributed by atoms with E-state index in [1.54, 1.807) is 7.11 Å². The number of nitrogens with zero attached hydrogens (tertiary/aromatic N) is 1. The summed E-state index contributed by atoms with van der Waals surface area (Å²) in [4.78, 5) is 7.79. The highest BCUT2D eigenvalue weighted by molar-refractivity contribution is 5.85. The van der Waals surface area contributed by atoms with Gasteiger partial charge in [0.05, 0.1) is 17.8 Å². The van der Waals surface area contributed by atoms with Gasteiger partial charge >= 0.3 is 0 Å². The second kappa shape index (κ2) is 6.45. The Kier molecular flexibility index (Phi) is 6.33. The van der Waals surface area contributed by atoms with E-state index >= 15 is 0 Å². The van der Waals surface area contributed by atoms with Crippen molar-refractivity contribution < 1.29 is 4.74 Å². The summed E-state index contributed by atoms with van der Waals surface area (Å²) in [6.07, 6.45) is 1.33. The van der Waals surface area contributed by atoms with Gasteiger partial charge in [0.15, 0.2) is 0 Å². The van der Waals surface area contributed by atoms with Crippen LogP contribution >= 0.6 is 24.8 Å². The second-order valence-corrected chi connectivity index (χ2v) is 3.89. The largest absolute Gasteiger partial charge is 0.380 e. The number of nitrogens with one attached hydrogen (secondary N) is 2. The highest BCUT2D eigenvalue weighted by Crippen LogP contribution is 2.23. The molecule has 94 valence electrons. The summed E-state index contributed by atoms with van der Waals surface area (Å²) in [6.45, 7) is 4.99. The van der Waals surface area contributed by atoms with Gasteiger partial charge in [-0.2, -0.15) is 0 Å². The molecule has 4 nitrogen and oxygen atoms in total. The Morgan fingerprint density at radius 1 is 1.31 bits per heavy atom. The fraction of sp³-hybridized carbons (Fsp3) is 0.700. The number of imidazole rings is 1. The van der Waals surface area contributed by atoms with Crippen molar-refractivity contribution in [3.8, 4) is 0 Å². The molecule has 1 aromatic rings. The highest BCUT2D eigenvalue weighted by atomic mass is 35.5. The fourth-order valence-corrected chi connectivity index (χ4v) is 1.83. The molecule has 6 heteroatoms. The van der Waals surface area contributed by atoms with Crippen molar-refractivity contribution in [1.29, 1.82) is 0 Å². The van der Waals surface area contributed by atoms with E-state index < -0.39 is 0 Å². The van der Waals surface area contributed by atoms with Gasteiger partial charge in [0.1, 0.15) is 5.82 Å². The van der Waals surface area contributed by atoms with Crippen LogP contribution in [0.4, 0.5) is 0 Å². The van der Waals surface area contributed by atoms with Crippen LogP contribution in [0.25, 0.3) is 0 Å². The summed E-state index contributed by atoms with van der Waals surface area (Å²) in [5, 5.41) is 3.40. The molecule has 16 heavy (non-hydrogen) atoms. The van der Waals surface area contributed by atoms with E-state index in [9.17, 15) is 0 Å². The van der Waals surface area contributed by atoms with E-state index in [4.69, 9.17) is 4.74 Å². The number of hydrogen-bond acceptors (Lipinski definition) is 3. The molecular formula is C10H19Cl2N3O. The second-order valence-electron chi connectivity index (χ2n) is 3.89. The number of halogens is 2. The minimum atomic E-state index is 0. The molecule has 2 atom stereocenters. The molecule has 1 aliphatic rings. The number of aromatic amines is 1. The third-order valence-electron chi connectivity index (χ3n) is 2.90. The highest BCUT2D eigenvalue weighted by Gasteiger charge is 2.27. The van der Waals surface area contributed by atoms with Crippen molar-refractivity contribution in [1.82, 2.24) is 15.3 Å². The van der Waals surface area contributed by atoms with Crippen LogP contribution in [0.5, 0.6) is 0 Å². The van der Waals surface area contributed by atoms with Gasteiger partial charge in [-0.3, -0.25) is 0 Å². The maximum absolute atomic E-state index is 5.30. The van der Waals surface area contributed by atoms with Gasteiger partial charge in [0, 0.05) is 19.3 Å². The van der Waals surface area contributed by atoms with Crippen LogP contribution in [-0.2, 0) is 4.74 Å². The summed E-state index contributed by atoms with van der Waals surface area (Å²) < 4.78 is 5.30. The van der Waals surface area contributed by atoms with Crippen molar-refractivity contribution in [2.24, 2.45) is 0 Å². The molecule has 2 unspecified atom stereocenters. The molecule has 0 bridgehead atoms. The van der Waals surface area contributed by atoms with Gasteiger partial charge in [-0.15, -0.1) is 24.8 Å². The molecule has 0 spiro atoms. The Morgan fingerprint density at radius 3 is 2.44 bits per heavy atom. The average Bonchev–Trinajstić information content (AvgIpc) is 2.74. The van der Waals surface area contributed by atoms with Gasteiger partial charge < -0.3 is 15.0 Å². The van der Waals surface area contributed by atoms with E-state index in [-0.39, 0.29) is 24.8 Å². The number of aromatic nitrogens is 2. The van der Waals surface area contributed by atoms with Crippen LogP contribution in [0.3, 0.4) is 0 Å². The van der Waals surface area contributed by atoms with Crippen molar-refractivity contribution >= 4 is 24.8 Å². The lowest BCUT2D eigenvalue weighted by Crippen LogP contribution is -2.16. The van der Waals surface area contributed by atoms with Crippen LogP contribution in [0.2, 0.25) is 0 Å². The Morgan fingerprint density at radius 2 is 2.00 bits per heavy atom.